The Hall–Kier alpha value is -1.46. The molecule has 0 heterocycles. The molecule has 0 aromatic heterocycles. The van der Waals surface area contributed by atoms with Gasteiger partial charge < -0.3 is 10.5 Å². The fraction of sp³-hybridized carbons (Fsp3) is 0.143. The van der Waals surface area contributed by atoms with E-state index in [0.29, 0.717) is 17.9 Å². The van der Waals surface area contributed by atoms with Crippen LogP contribution in [0.2, 0.25) is 0 Å². The van der Waals surface area contributed by atoms with Crippen LogP contribution in [0.25, 0.3) is 0 Å². The summed E-state index contributed by atoms with van der Waals surface area (Å²) in [6.45, 7) is 0.479. The summed E-state index contributed by atoms with van der Waals surface area (Å²) < 4.78 is 32.4. The van der Waals surface area contributed by atoms with Gasteiger partial charge in [0.2, 0.25) is 0 Å². The van der Waals surface area contributed by atoms with Crippen molar-refractivity contribution in [2.24, 2.45) is 5.73 Å². The highest BCUT2D eigenvalue weighted by Gasteiger charge is 2.04. The van der Waals surface area contributed by atoms with Gasteiger partial charge in [0.15, 0.2) is 0 Å². The van der Waals surface area contributed by atoms with Gasteiger partial charge in [-0.1, -0.05) is 15.9 Å². The maximum Gasteiger partial charge on any atom is 0.126 e. The molecule has 0 bridgehead atoms. The van der Waals surface area contributed by atoms with E-state index < -0.39 is 11.6 Å². The van der Waals surface area contributed by atoms with Gasteiger partial charge >= 0.3 is 0 Å². The van der Waals surface area contributed by atoms with Crippen molar-refractivity contribution < 1.29 is 13.5 Å². The van der Waals surface area contributed by atoms with Crippen molar-refractivity contribution in [3.8, 4) is 5.75 Å². The summed E-state index contributed by atoms with van der Waals surface area (Å²) in [6.07, 6.45) is 0. The molecule has 0 aliphatic rings. The van der Waals surface area contributed by atoms with E-state index in [0.717, 1.165) is 16.1 Å². The second-order valence-corrected chi connectivity index (χ2v) is 4.88. The zero-order chi connectivity index (χ0) is 13.8. The van der Waals surface area contributed by atoms with Crippen LogP contribution in [-0.4, -0.2) is 0 Å². The Morgan fingerprint density at radius 1 is 1.05 bits per heavy atom. The van der Waals surface area contributed by atoms with Gasteiger partial charge in [0.05, 0.1) is 0 Å². The summed E-state index contributed by atoms with van der Waals surface area (Å²) in [4.78, 5) is 0. The summed E-state index contributed by atoms with van der Waals surface area (Å²) in [7, 11) is 0. The fourth-order valence-corrected chi connectivity index (χ4v) is 2.07. The van der Waals surface area contributed by atoms with Gasteiger partial charge in [-0.3, -0.25) is 0 Å². The Bertz CT molecular complexity index is 569. The molecule has 2 aromatic rings. The summed E-state index contributed by atoms with van der Waals surface area (Å²) in [5.74, 6) is -0.623. The fourth-order valence-electron chi connectivity index (χ4n) is 1.66. The third-order valence-electron chi connectivity index (χ3n) is 2.56. The van der Waals surface area contributed by atoms with Gasteiger partial charge in [-0.25, -0.2) is 8.78 Å². The van der Waals surface area contributed by atoms with Gasteiger partial charge in [0.1, 0.15) is 24.0 Å². The molecule has 0 radical (unpaired) electrons. The normalized spacial score (nSPS) is 10.5. The SMILES string of the molecule is NCc1cc(OCc2cc(F)cc(F)c2)ccc1Br. The summed E-state index contributed by atoms with van der Waals surface area (Å²) in [6, 6.07) is 8.69. The molecule has 0 fully saturated rings. The van der Waals surface area contributed by atoms with Crippen molar-refractivity contribution in [3.63, 3.8) is 0 Å². The van der Waals surface area contributed by atoms with Crippen molar-refractivity contribution in [3.05, 3.63) is 63.6 Å². The van der Waals surface area contributed by atoms with Crippen molar-refractivity contribution in [1.29, 1.82) is 0 Å². The summed E-state index contributed by atoms with van der Waals surface area (Å²) in [5.41, 5.74) is 6.93. The van der Waals surface area contributed by atoms with Gasteiger partial charge in [0.25, 0.3) is 0 Å². The second kappa shape index (κ2) is 6.12. The predicted molar refractivity (Wildman–Crippen MR) is 72.7 cm³/mol. The van der Waals surface area contributed by atoms with E-state index in [4.69, 9.17) is 10.5 Å². The molecule has 0 atom stereocenters. The van der Waals surface area contributed by atoms with Gasteiger partial charge in [0, 0.05) is 17.1 Å². The van der Waals surface area contributed by atoms with Crippen molar-refractivity contribution in [1.82, 2.24) is 0 Å². The number of hydrogen-bond donors (Lipinski definition) is 1. The molecule has 0 spiro atoms. The van der Waals surface area contributed by atoms with Crippen LogP contribution in [0.1, 0.15) is 11.1 Å². The van der Waals surface area contributed by atoms with Gasteiger partial charge in [-0.15, -0.1) is 0 Å². The third kappa shape index (κ3) is 3.75. The summed E-state index contributed by atoms with van der Waals surface area (Å²) in [5, 5.41) is 0. The Balaban J connectivity index is 2.10. The minimum Gasteiger partial charge on any atom is -0.489 e. The number of ether oxygens (including phenoxy) is 1. The third-order valence-corrected chi connectivity index (χ3v) is 3.34. The first-order valence-corrected chi connectivity index (χ1v) is 6.44. The quantitative estimate of drug-likeness (QED) is 0.927. The van der Waals surface area contributed by atoms with Crippen LogP contribution in [-0.2, 0) is 13.2 Å². The van der Waals surface area contributed by atoms with E-state index in [1.807, 2.05) is 6.07 Å². The molecule has 0 saturated heterocycles. The van der Waals surface area contributed by atoms with Crippen molar-refractivity contribution in [2.75, 3.05) is 0 Å². The molecule has 19 heavy (non-hydrogen) atoms. The Morgan fingerprint density at radius 2 is 1.74 bits per heavy atom. The van der Waals surface area contributed by atoms with Gasteiger partial charge in [-0.2, -0.15) is 0 Å². The van der Waals surface area contributed by atoms with E-state index >= 15 is 0 Å². The molecule has 2 aromatic carbocycles. The lowest BCUT2D eigenvalue weighted by Gasteiger charge is -2.09. The Morgan fingerprint density at radius 3 is 2.37 bits per heavy atom. The monoisotopic (exact) mass is 327 g/mol. The highest BCUT2D eigenvalue weighted by molar-refractivity contribution is 9.10. The van der Waals surface area contributed by atoms with Crippen LogP contribution in [0.3, 0.4) is 0 Å². The molecule has 0 saturated carbocycles. The molecule has 0 aliphatic heterocycles. The maximum absolute atomic E-state index is 13.0. The van der Waals surface area contributed by atoms with E-state index in [9.17, 15) is 8.78 Å². The molecule has 0 unspecified atom stereocenters. The molecule has 2 rings (SSSR count). The van der Waals surface area contributed by atoms with E-state index in [2.05, 4.69) is 15.9 Å². The first-order chi connectivity index (χ1) is 9.08. The molecule has 100 valence electrons. The zero-order valence-electron chi connectivity index (χ0n) is 10.00. The van der Waals surface area contributed by atoms with Crippen LogP contribution in [0.5, 0.6) is 5.75 Å². The molecular formula is C14H12BrF2NO. The van der Waals surface area contributed by atoms with E-state index in [1.165, 1.54) is 12.1 Å². The first-order valence-electron chi connectivity index (χ1n) is 5.65. The Kier molecular flexibility index (Phi) is 4.50. The lowest BCUT2D eigenvalue weighted by Crippen LogP contribution is -2.00. The molecule has 5 heteroatoms. The van der Waals surface area contributed by atoms with Gasteiger partial charge in [-0.05, 0) is 41.5 Å². The van der Waals surface area contributed by atoms with Crippen LogP contribution in [0.15, 0.2) is 40.9 Å². The number of rotatable bonds is 4. The molecule has 2 N–H and O–H groups in total. The average Bonchev–Trinajstić information content (AvgIpc) is 2.36. The Labute approximate surface area is 118 Å². The number of nitrogens with two attached hydrogens (primary N) is 1. The maximum atomic E-state index is 13.0. The van der Waals surface area contributed by atoms with Crippen LogP contribution in [0.4, 0.5) is 8.78 Å². The largest absolute Gasteiger partial charge is 0.489 e. The predicted octanol–water partition coefficient (Wildman–Crippen LogP) is 3.77. The van der Waals surface area contributed by atoms with Crippen molar-refractivity contribution >= 4 is 15.9 Å². The zero-order valence-corrected chi connectivity index (χ0v) is 11.6. The molecule has 0 aliphatic carbocycles. The smallest absolute Gasteiger partial charge is 0.126 e. The molecule has 2 nitrogen and oxygen atoms in total. The highest BCUT2D eigenvalue weighted by atomic mass is 79.9. The topological polar surface area (TPSA) is 35.2 Å². The van der Waals surface area contributed by atoms with E-state index in [1.54, 1.807) is 12.1 Å². The molecular weight excluding hydrogens is 316 g/mol. The average molecular weight is 328 g/mol. The second-order valence-electron chi connectivity index (χ2n) is 4.02. The highest BCUT2D eigenvalue weighted by Crippen LogP contribution is 2.23. The standard InChI is InChI=1S/C14H12BrF2NO/c15-14-2-1-13(5-10(14)7-18)19-8-9-3-11(16)6-12(17)4-9/h1-6H,7-8,18H2. The number of benzene rings is 2. The lowest BCUT2D eigenvalue weighted by atomic mass is 10.2. The number of halogens is 3. The minimum atomic E-state index is -0.614. The lowest BCUT2D eigenvalue weighted by molar-refractivity contribution is 0.304. The summed E-state index contributed by atoms with van der Waals surface area (Å²) >= 11 is 3.37. The van der Waals surface area contributed by atoms with Crippen LogP contribution >= 0.6 is 15.9 Å². The first kappa shape index (κ1) is 14.0. The van der Waals surface area contributed by atoms with Crippen molar-refractivity contribution in [2.45, 2.75) is 13.2 Å². The minimum absolute atomic E-state index is 0.0975. The van der Waals surface area contributed by atoms with Crippen LogP contribution < -0.4 is 10.5 Å². The van der Waals surface area contributed by atoms with Crippen LogP contribution in [0, 0.1) is 11.6 Å². The molecule has 0 amide bonds. The number of hydrogen-bond acceptors (Lipinski definition) is 2. The van der Waals surface area contributed by atoms with E-state index in [-0.39, 0.29) is 6.61 Å².